The van der Waals surface area contributed by atoms with Gasteiger partial charge in [0, 0.05) is 0 Å². The first-order valence-corrected chi connectivity index (χ1v) is 12.7. The van der Waals surface area contributed by atoms with Crippen molar-refractivity contribution >= 4 is 5.97 Å². The Kier molecular flexibility index (Phi) is 11.4. The van der Waals surface area contributed by atoms with E-state index in [0.29, 0.717) is 17.7 Å². The highest BCUT2D eigenvalue weighted by Crippen LogP contribution is 2.23. The fraction of sp³-hybridized carbons (Fsp3) is 0.355. The zero-order valence-electron chi connectivity index (χ0n) is 21.1. The van der Waals surface area contributed by atoms with Gasteiger partial charge in [0.2, 0.25) is 0 Å². The van der Waals surface area contributed by atoms with Crippen molar-refractivity contribution in [2.75, 3.05) is 20.3 Å². The number of unbranched alkanes of at least 4 members (excludes halogenated alkanes) is 7. The van der Waals surface area contributed by atoms with E-state index in [1.165, 1.54) is 45.6 Å². The van der Waals surface area contributed by atoms with E-state index in [4.69, 9.17) is 19.5 Å². The summed E-state index contributed by atoms with van der Waals surface area (Å²) in [5.74, 6) is 1.35. The lowest BCUT2D eigenvalue weighted by Gasteiger charge is -2.08. The Labute approximate surface area is 214 Å². The summed E-state index contributed by atoms with van der Waals surface area (Å²) in [5.41, 5.74) is 3.42. The van der Waals surface area contributed by atoms with Crippen LogP contribution in [0.25, 0.3) is 11.1 Å². The largest absolute Gasteiger partial charge is 0.494 e. The van der Waals surface area contributed by atoms with Gasteiger partial charge < -0.3 is 14.2 Å². The molecule has 0 saturated carbocycles. The van der Waals surface area contributed by atoms with Gasteiger partial charge >= 0.3 is 5.97 Å². The van der Waals surface area contributed by atoms with Crippen LogP contribution < -0.4 is 9.47 Å². The Morgan fingerprint density at radius 2 is 1.06 bits per heavy atom. The van der Waals surface area contributed by atoms with Crippen LogP contribution in [0, 0.1) is 11.3 Å². The topological polar surface area (TPSA) is 68.6 Å². The molecule has 0 bridgehead atoms. The fourth-order valence-electron chi connectivity index (χ4n) is 3.93. The van der Waals surface area contributed by atoms with Crippen LogP contribution in [0.5, 0.6) is 11.5 Å². The summed E-state index contributed by atoms with van der Waals surface area (Å²) in [6.45, 7) is 1.44. The number of benzene rings is 3. The van der Waals surface area contributed by atoms with Gasteiger partial charge in [0.05, 0.1) is 37.5 Å². The minimum absolute atomic E-state index is 0.333. The fourth-order valence-corrected chi connectivity index (χ4v) is 3.93. The molecule has 3 aromatic rings. The third-order valence-electron chi connectivity index (χ3n) is 6.05. The minimum atomic E-state index is -0.333. The Bertz CT molecular complexity index is 1080. The summed E-state index contributed by atoms with van der Waals surface area (Å²) in [6, 6.07) is 25.0. The van der Waals surface area contributed by atoms with Gasteiger partial charge in [-0.2, -0.15) is 5.26 Å². The molecule has 3 rings (SSSR count). The molecular weight excluding hydrogens is 450 g/mol. The quantitative estimate of drug-likeness (QED) is 0.164. The molecule has 0 aliphatic heterocycles. The Hall–Kier alpha value is -3.78. The summed E-state index contributed by atoms with van der Waals surface area (Å²) >= 11 is 0. The molecule has 0 amide bonds. The number of methoxy groups -OCH3 is 1. The van der Waals surface area contributed by atoms with E-state index in [0.717, 1.165) is 42.1 Å². The molecule has 0 aliphatic rings. The van der Waals surface area contributed by atoms with Gasteiger partial charge in [-0.1, -0.05) is 62.8 Å². The third-order valence-corrected chi connectivity index (χ3v) is 6.05. The number of nitrogens with zero attached hydrogens (tertiary/aromatic N) is 1. The molecule has 36 heavy (non-hydrogen) atoms. The SMILES string of the molecule is COC(=O)c1ccc(OCCCCCCCCCCOc2ccc(-c3ccc(C#N)cc3)cc2)cc1. The maximum atomic E-state index is 11.4. The summed E-state index contributed by atoms with van der Waals surface area (Å²) < 4.78 is 16.3. The number of carbonyl (C=O) groups is 1. The first kappa shape index (κ1) is 26.8. The van der Waals surface area contributed by atoms with Crippen molar-refractivity contribution in [3.63, 3.8) is 0 Å². The second-order valence-electron chi connectivity index (χ2n) is 8.75. The molecule has 0 radical (unpaired) electrons. The molecule has 0 N–H and O–H groups in total. The maximum absolute atomic E-state index is 11.4. The van der Waals surface area contributed by atoms with E-state index in [-0.39, 0.29) is 5.97 Å². The third kappa shape index (κ3) is 9.11. The monoisotopic (exact) mass is 485 g/mol. The Morgan fingerprint density at radius 3 is 1.50 bits per heavy atom. The highest BCUT2D eigenvalue weighted by molar-refractivity contribution is 5.89. The van der Waals surface area contributed by atoms with Crippen molar-refractivity contribution in [1.29, 1.82) is 5.26 Å². The highest BCUT2D eigenvalue weighted by atomic mass is 16.5. The van der Waals surface area contributed by atoms with Crippen molar-refractivity contribution in [2.24, 2.45) is 0 Å². The van der Waals surface area contributed by atoms with Crippen molar-refractivity contribution in [2.45, 2.75) is 51.4 Å². The number of hydrogen-bond acceptors (Lipinski definition) is 5. The number of hydrogen-bond donors (Lipinski definition) is 0. The van der Waals surface area contributed by atoms with Crippen LogP contribution in [0.15, 0.2) is 72.8 Å². The van der Waals surface area contributed by atoms with E-state index in [1.54, 1.807) is 12.1 Å². The molecule has 188 valence electrons. The maximum Gasteiger partial charge on any atom is 0.337 e. The second kappa shape index (κ2) is 15.3. The molecule has 0 aromatic heterocycles. The predicted molar refractivity (Wildman–Crippen MR) is 142 cm³/mol. The van der Waals surface area contributed by atoms with Gasteiger partial charge in [0.15, 0.2) is 0 Å². The van der Waals surface area contributed by atoms with Gasteiger partial charge in [0.25, 0.3) is 0 Å². The Balaban J connectivity index is 1.16. The molecule has 0 fully saturated rings. The van der Waals surface area contributed by atoms with Gasteiger partial charge in [-0.15, -0.1) is 0 Å². The molecule has 0 heterocycles. The number of carbonyl (C=O) groups excluding carboxylic acids is 1. The minimum Gasteiger partial charge on any atom is -0.494 e. The molecule has 0 spiro atoms. The normalized spacial score (nSPS) is 10.4. The highest BCUT2D eigenvalue weighted by Gasteiger charge is 2.04. The standard InChI is InChI=1S/C31H35NO4/c1-34-31(33)28-16-20-30(21-17-28)36-23-9-7-5-3-2-4-6-8-22-35-29-18-14-27(15-19-29)26-12-10-25(24-32)11-13-26/h10-21H,2-9,22-23H2,1H3. The van der Waals surface area contributed by atoms with Crippen LogP contribution in [0.4, 0.5) is 0 Å². The van der Waals surface area contributed by atoms with E-state index < -0.39 is 0 Å². The number of nitriles is 1. The first-order valence-electron chi connectivity index (χ1n) is 12.7. The lowest BCUT2D eigenvalue weighted by Crippen LogP contribution is -2.01. The van der Waals surface area contributed by atoms with Crippen molar-refractivity contribution in [1.82, 2.24) is 0 Å². The zero-order valence-corrected chi connectivity index (χ0v) is 21.1. The zero-order chi connectivity index (χ0) is 25.4. The van der Waals surface area contributed by atoms with Gasteiger partial charge in [-0.3, -0.25) is 0 Å². The molecule has 0 unspecified atom stereocenters. The Morgan fingerprint density at radius 1 is 0.639 bits per heavy atom. The van der Waals surface area contributed by atoms with Crippen LogP contribution in [0.2, 0.25) is 0 Å². The number of rotatable bonds is 15. The van der Waals surface area contributed by atoms with Crippen molar-refractivity contribution in [3.05, 3.63) is 83.9 Å². The molecular formula is C31H35NO4. The number of esters is 1. The number of ether oxygens (including phenoxy) is 3. The van der Waals surface area contributed by atoms with Crippen LogP contribution >= 0.6 is 0 Å². The lowest BCUT2D eigenvalue weighted by molar-refractivity contribution is 0.0600. The lowest BCUT2D eigenvalue weighted by atomic mass is 10.0. The van der Waals surface area contributed by atoms with Gasteiger partial charge in [0.1, 0.15) is 11.5 Å². The van der Waals surface area contributed by atoms with Crippen LogP contribution in [-0.2, 0) is 4.74 Å². The van der Waals surface area contributed by atoms with E-state index in [2.05, 4.69) is 18.2 Å². The predicted octanol–water partition coefficient (Wildman–Crippen LogP) is 7.59. The summed E-state index contributed by atoms with van der Waals surface area (Å²) in [7, 11) is 1.38. The van der Waals surface area contributed by atoms with Crippen molar-refractivity contribution in [3.8, 4) is 28.7 Å². The van der Waals surface area contributed by atoms with Crippen molar-refractivity contribution < 1.29 is 19.0 Å². The van der Waals surface area contributed by atoms with Crippen LogP contribution in [0.3, 0.4) is 0 Å². The molecule has 0 aliphatic carbocycles. The second-order valence-corrected chi connectivity index (χ2v) is 8.75. The average molecular weight is 486 g/mol. The molecule has 3 aromatic carbocycles. The average Bonchev–Trinajstić information content (AvgIpc) is 2.94. The van der Waals surface area contributed by atoms with E-state index in [1.807, 2.05) is 48.5 Å². The summed E-state index contributed by atoms with van der Waals surface area (Å²) in [6.07, 6.45) is 9.45. The molecule has 0 saturated heterocycles. The first-order chi connectivity index (χ1) is 17.7. The smallest absolute Gasteiger partial charge is 0.337 e. The summed E-state index contributed by atoms with van der Waals surface area (Å²) in [4.78, 5) is 11.4. The summed E-state index contributed by atoms with van der Waals surface area (Å²) in [5, 5.41) is 8.91. The van der Waals surface area contributed by atoms with Crippen LogP contribution in [0.1, 0.15) is 67.3 Å². The van der Waals surface area contributed by atoms with Crippen LogP contribution in [-0.4, -0.2) is 26.3 Å². The molecule has 0 atom stereocenters. The van der Waals surface area contributed by atoms with E-state index in [9.17, 15) is 4.79 Å². The molecule has 5 nitrogen and oxygen atoms in total. The molecule has 5 heteroatoms. The van der Waals surface area contributed by atoms with E-state index >= 15 is 0 Å². The van der Waals surface area contributed by atoms with Gasteiger partial charge in [-0.05, 0) is 72.5 Å². The van der Waals surface area contributed by atoms with Gasteiger partial charge in [-0.25, -0.2) is 4.79 Å².